The van der Waals surface area contributed by atoms with Crippen molar-refractivity contribution in [1.82, 2.24) is 14.5 Å². The molecule has 0 aliphatic heterocycles. The SMILES string of the molecule is O=C(Cc1nc(CSc2nc3ccccc3c(=O)n2C2CCCCC2)cs1)Nc1ccccc1. The van der Waals surface area contributed by atoms with Crippen molar-refractivity contribution >= 4 is 45.6 Å². The van der Waals surface area contributed by atoms with Crippen LogP contribution in [0.4, 0.5) is 5.69 Å². The summed E-state index contributed by atoms with van der Waals surface area (Å²) in [6, 6.07) is 17.2. The Morgan fingerprint density at radius 2 is 1.79 bits per heavy atom. The second-order valence-corrected chi connectivity index (χ2v) is 10.4. The molecule has 2 aromatic heterocycles. The molecule has 0 bridgehead atoms. The van der Waals surface area contributed by atoms with Gasteiger partial charge in [0.1, 0.15) is 5.01 Å². The average molecular weight is 491 g/mol. The standard InChI is InChI=1S/C26H26N4O2S2/c31-23(27-18-9-3-1-4-10-18)15-24-28-19(16-33-24)17-34-26-29-22-14-8-7-13-21(22)25(32)30(26)20-11-5-2-6-12-20/h1,3-4,7-10,13-14,16,20H,2,5-6,11-12,15,17H2,(H,27,31). The van der Waals surface area contributed by atoms with E-state index in [0.29, 0.717) is 11.1 Å². The molecule has 2 heterocycles. The fraction of sp³-hybridized carbons (Fsp3) is 0.308. The van der Waals surface area contributed by atoms with Crippen molar-refractivity contribution in [2.75, 3.05) is 5.32 Å². The fourth-order valence-corrected chi connectivity index (χ4v) is 6.24. The number of hydrogen-bond donors (Lipinski definition) is 1. The fourth-order valence-electron chi connectivity index (χ4n) is 4.39. The van der Waals surface area contributed by atoms with Gasteiger partial charge in [-0.25, -0.2) is 9.97 Å². The number of anilines is 1. The molecule has 1 aliphatic rings. The van der Waals surface area contributed by atoms with Gasteiger partial charge in [0, 0.05) is 22.9 Å². The Kier molecular flexibility index (Phi) is 7.06. The Labute approximate surface area is 206 Å². The van der Waals surface area contributed by atoms with E-state index in [1.165, 1.54) is 17.8 Å². The van der Waals surface area contributed by atoms with Gasteiger partial charge in [-0.3, -0.25) is 14.2 Å². The number of aromatic nitrogens is 3. The van der Waals surface area contributed by atoms with Crippen molar-refractivity contribution in [2.24, 2.45) is 0 Å². The van der Waals surface area contributed by atoms with Crippen LogP contribution in [0.25, 0.3) is 10.9 Å². The number of rotatable bonds is 7. The molecule has 1 saturated carbocycles. The molecule has 0 atom stereocenters. The summed E-state index contributed by atoms with van der Waals surface area (Å²) in [6.07, 6.45) is 5.80. The first kappa shape index (κ1) is 22.8. The molecule has 0 spiro atoms. The van der Waals surface area contributed by atoms with Crippen molar-refractivity contribution in [3.05, 3.63) is 81.0 Å². The summed E-state index contributed by atoms with van der Waals surface area (Å²) in [5.41, 5.74) is 2.47. The minimum atomic E-state index is -0.0814. The number of para-hydroxylation sites is 2. The Hall–Kier alpha value is -2.97. The summed E-state index contributed by atoms with van der Waals surface area (Å²) in [5.74, 6) is 0.524. The lowest BCUT2D eigenvalue weighted by atomic mass is 9.95. The Balaban J connectivity index is 1.31. The molecule has 0 saturated heterocycles. The van der Waals surface area contributed by atoms with E-state index in [-0.39, 0.29) is 23.9 Å². The maximum absolute atomic E-state index is 13.4. The molecule has 6 nitrogen and oxygen atoms in total. The molecule has 5 rings (SSSR count). The normalized spacial score (nSPS) is 14.4. The second kappa shape index (κ2) is 10.5. The molecule has 4 aromatic rings. The molecular weight excluding hydrogens is 464 g/mol. The van der Waals surface area contributed by atoms with Gasteiger partial charge in [-0.15, -0.1) is 11.3 Å². The highest BCUT2D eigenvalue weighted by Crippen LogP contribution is 2.32. The third kappa shape index (κ3) is 5.23. The van der Waals surface area contributed by atoms with Crippen LogP contribution in [-0.4, -0.2) is 20.4 Å². The van der Waals surface area contributed by atoms with E-state index in [9.17, 15) is 9.59 Å². The number of benzene rings is 2. The van der Waals surface area contributed by atoms with E-state index in [4.69, 9.17) is 4.98 Å². The predicted octanol–water partition coefficient (Wildman–Crippen LogP) is 5.83. The van der Waals surface area contributed by atoms with Gasteiger partial charge in [0.2, 0.25) is 5.91 Å². The number of thiazole rings is 1. The lowest BCUT2D eigenvalue weighted by Gasteiger charge is -2.26. The highest BCUT2D eigenvalue weighted by Gasteiger charge is 2.22. The Morgan fingerprint density at radius 1 is 1.03 bits per heavy atom. The molecule has 34 heavy (non-hydrogen) atoms. The van der Waals surface area contributed by atoms with Crippen LogP contribution in [0.2, 0.25) is 0 Å². The predicted molar refractivity (Wildman–Crippen MR) is 139 cm³/mol. The lowest BCUT2D eigenvalue weighted by Crippen LogP contribution is -2.29. The zero-order chi connectivity index (χ0) is 23.3. The van der Waals surface area contributed by atoms with E-state index in [2.05, 4.69) is 10.3 Å². The van der Waals surface area contributed by atoms with E-state index in [1.54, 1.807) is 11.8 Å². The number of thioether (sulfide) groups is 1. The first-order valence-corrected chi connectivity index (χ1v) is 13.5. The van der Waals surface area contributed by atoms with Crippen molar-refractivity contribution in [3.63, 3.8) is 0 Å². The molecular formula is C26H26N4O2S2. The Bertz CT molecular complexity index is 1340. The zero-order valence-corrected chi connectivity index (χ0v) is 20.4. The highest BCUT2D eigenvalue weighted by molar-refractivity contribution is 7.98. The number of nitrogens with zero attached hydrogens (tertiary/aromatic N) is 3. The largest absolute Gasteiger partial charge is 0.326 e. The maximum atomic E-state index is 13.4. The van der Waals surface area contributed by atoms with Crippen molar-refractivity contribution in [1.29, 1.82) is 0 Å². The number of fused-ring (bicyclic) bond motifs is 1. The Morgan fingerprint density at radius 3 is 2.62 bits per heavy atom. The number of carbonyl (C=O) groups is 1. The van der Waals surface area contributed by atoms with Crippen molar-refractivity contribution in [2.45, 2.75) is 55.5 Å². The van der Waals surface area contributed by atoms with Crippen molar-refractivity contribution in [3.8, 4) is 0 Å². The third-order valence-electron chi connectivity index (χ3n) is 6.03. The van der Waals surface area contributed by atoms with E-state index < -0.39 is 0 Å². The third-order valence-corrected chi connectivity index (χ3v) is 7.92. The summed E-state index contributed by atoms with van der Waals surface area (Å²) < 4.78 is 1.92. The van der Waals surface area contributed by atoms with Gasteiger partial charge in [0.25, 0.3) is 5.56 Å². The van der Waals surface area contributed by atoms with Crippen molar-refractivity contribution < 1.29 is 4.79 Å². The van der Waals surface area contributed by atoms with Crippen LogP contribution in [-0.2, 0) is 17.0 Å². The summed E-state index contributed by atoms with van der Waals surface area (Å²) in [7, 11) is 0. The van der Waals surface area contributed by atoms with Gasteiger partial charge in [0.05, 0.1) is 23.0 Å². The smallest absolute Gasteiger partial charge is 0.262 e. The van der Waals surface area contributed by atoms with Crippen LogP contribution in [0.3, 0.4) is 0 Å². The topological polar surface area (TPSA) is 76.9 Å². The maximum Gasteiger partial charge on any atom is 0.262 e. The summed E-state index contributed by atoms with van der Waals surface area (Å²) in [6.45, 7) is 0. The number of amides is 1. The second-order valence-electron chi connectivity index (χ2n) is 8.49. The number of hydrogen-bond acceptors (Lipinski definition) is 6. The minimum absolute atomic E-state index is 0.0524. The first-order valence-electron chi connectivity index (χ1n) is 11.6. The summed E-state index contributed by atoms with van der Waals surface area (Å²) >= 11 is 3.04. The average Bonchev–Trinajstić information content (AvgIpc) is 3.31. The molecule has 1 fully saturated rings. The van der Waals surface area contributed by atoms with Crippen LogP contribution in [0, 0.1) is 0 Å². The number of nitrogens with one attached hydrogen (secondary N) is 1. The van der Waals surface area contributed by atoms with Gasteiger partial charge < -0.3 is 5.32 Å². The molecule has 1 aliphatic carbocycles. The zero-order valence-electron chi connectivity index (χ0n) is 18.8. The monoisotopic (exact) mass is 490 g/mol. The van der Waals surface area contributed by atoms with E-state index >= 15 is 0 Å². The van der Waals surface area contributed by atoms with Crippen LogP contribution < -0.4 is 10.9 Å². The quantitative estimate of drug-likeness (QED) is 0.260. The van der Waals surface area contributed by atoms with Gasteiger partial charge in [0.15, 0.2) is 5.16 Å². The van der Waals surface area contributed by atoms with Gasteiger partial charge in [-0.1, -0.05) is 61.4 Å². The van der Waals surface area contributed by atoms with Crippen LogP contribution in [0.1, 0.15) is 48.8 Å². The van der Waals surface area contributed by atoms with E-state index in [1.807, 2.05) is 64.5 Å². The van der Waals surface area contributed by atoms with Gasteiger partial charge in [-0.2, -0.15) is 0 Å². The van der Waals surface area contributed by atoms with Gasteiger partial charge >= 0.3 is 0 Å². The molecule has 0 unspecified atom stereocenters. The van der Waals surface area contributed by atoms with E-state index in [0.717, 1.165) is 52.7 Å². The molecule has 2 aromatic carbocycles. The lowest BCUT2D eigenvalue weighted by molar-refractivity contribution is -0.115. The highest BCUT2D eigenvalue weighted by atomic mass is 32.2. The van der Waals surface area contributed by atoms with Crippen LogP contribution >= 0.6 is 23.1 Å². The molecule has 8 heteroatoms. The summed E-state index contributed by atoms with van der Waals surface area (Å²) in [5, 5.41) is 7.10. The molecule has 174 valence electrons. The summed E-state index contributed by atoms with van der Waals surface area (Å²) in [4.78, 5) is 35.3. The molecule has 0 radical (unpaired) electrons. The van der Waals surface area contributed by atoms with Gasteiger partial charge in [-0.05, 0) is 37.1 Å². The number of carbonyl (C=O) groups excluding carboxylic acids is 1. The minimum Gasteiger partial charge on any atom is -0.326 e. The van der Waals surface area contributed by atoms with Crippen LogP contribution in [0.15, 0.2) is 69.9 Å². The van der Waals surface area contributed by atoms with Crippen LogP contribution in [0.5, 0.6) is 0 Å². The molecule has 1 amide bonds. The molecule has 1 N–H and O–H groups in total. The first-order chi connectivity index (χ1) is 16.7.